The van der Waals surface area contributed by atoms with Gasteiger partial charge in [-0.15, -0.1) is 0 Å². The highest BCUT2D eigenvalue weighted by molar-refractivity contribution is 4.63. The fourth-order valence-corrected chi connectivity index (χ4v) is 0.911. The number of hydrogen-bond donors (Lipinski definition) is 0. The van der Waals surface area contributed by atoms with Crippen LogP contribution in [0.25, 0.3) is 0 Å². The SMILES string of the molecule is C[N]C1CN(C)CCO1. The van der Waals surface area contributed by atoms with Crippen LogP contribution in [0.1, 0.15) is 0 Å². The number of rotatable bonds is 1. The Bertz CT molecular complexity index is 87.1. The first-order chi connectivity index (χ1) is 4.33. The van der Waals surface area contributed by atoms with E-state index in [1.807, 2.05) is 0 Å². The molecule has 1 heterocycles. The standard InChI is InChI=1S/C6H13N2O/c1-7-6-5-8(2)3-4-9-6/h6H,3-5H2,1-2H3. The minimum atomic E-state index is 0.115. The van der Waals surface area contributed by atoms with E-state index in [9.17, 15) is 0 Å². The molecule has 0 aromatic rings. The van der Waals surface area contributed by atoms with Crippen LogP contribution in [-0.2, 0) is 4.74 Å². The van der Waals surface area contributed by atoms with Gasteiger partial charge >= 0.3 is 0 Å². The summed E-state index contributed by atoms with van der Waals surface area (Å²) in [5.41, 5.74) is 0. The van der Waals surface area contributed by atoms with Gasteiger partial charge in [0.05, 0.1) is 6.61 Å². The largest absolute Gasteiger partial charge is 0.359 e. The maximum atomic E-state index is 5.29. The van der Waals surface area contributed by atoms with E-state index in [1.54, 1.807) is 7.05 Å². The Morgan fingerprint density at radius 3 is 2.89 bits per heavy atom. The van der Waals surface area contributed by atoms with Crippen LogP contribution in [-0.4, -0.2) is 44.9 Å². The fraction of sp³-hybridized carbons (Fsp3) is 1.00. The summed E-state index contributed by atoms with van der Waals surface area (Å²) < 4.78 is 5.29. The van der Waals surface area contributed by atoms with Gasteiger partial charge in [-0.25, -0.2) is 5.32 Å². The molecule has 0 aliphatic carbocycles. The molecule has 1 aliphatic rings. The lowest BCUT2D eigenvalue weighted by molar-refractivity contribution is -0.0351. The molecule has 0 spiro atoms. The van der Waals surface area contributed by atoms with Crippen molar-refractivity contribution in [2.45, 2.75) is 6.23 Å². The lowest BCUT2D eigenvalue weighted by Crippen LogP contribution is -2.43. The summed E-state index contributed by atoms with van der Waals surface area (Å²) >= 11 is 0. The number of hydrogen-bond acceptors (Lipinski definition) is 2. The molecule has 0 aromatic heterocycles. The number of nitrogens with zero attached hydrogens (tertiary/aromatic N) is 2. The first-order valence-corrected chi connectivity index (χ1v) is 3.22. The van der Waals surface area contributed by atoms with Gasteiger partial charge in [-0.3, -0.25) is 0 Å². The Kier molecular flexibility index (Phi) is 2.45. The zero-order chi connectivity index (χ0) is 6.69. The third kappa shape index (κ3) is 1.93. The molecule has 1 radical (unpaired) electrons. The first kappa shape index (κ1) is 6.99. The zero-order valence-electron chi connectivity index (χ0n) is 6.00. The van der Waals surface area contributed by atoms with Gasteiger partial charge in [-0.05, 0) is 7.05 Å². The molecule has 0 bridgehead atoms. The summed E-state index contributed by atoms with van der Waals surface area (Å²) in [6.07, 6.45) is 0.115. The summed E-state index contributed by atoms with van der Waals surface area (Å²) in [7, 11) is 3.88. The van der Waals surface area contributed by atoms with Crippen LogP contribution >= 0.6 is 0 Å². The molecule has 0 N–H and O–H groups in total. The molecule has 1 atom stereocenters. The lowest BCUT2D eigenvalue weighted by atomic mass is 10.4. The average molecular weight is 129 g/mol. The molecule has 1 saturated heterocycles. The monoisotopic (exact) mass is 129 g/mol. The molecular formula is C6H13N2O. The van der Waals surface area contributed by atoms with Crippen LogP contribution in [0.15, 0.2) is 0 Å². The summed E-state index contributed by atoms with van der Waals surface area (Å²) in [6, 6.07) is 0. The van der Waals surface area contributed by atoms with Crippen molar-refractivity contribution < 1.29 is 4.74 Å². The van der Waals surface area contributed by atoms with Crippen LogP contribution in [0.2, 0.25) is 0 Å². The number of likely N-dealkylation sites (N-methyl/N-ethyl adjacent to an activating group) is 2. The summed E-state index contributed by atoms with van der Waals surface area (Å²) in [5, 5.41) is 4.03. The van der Waals surface area contributed by atoms with Crippen molar-refractivity contribution in [3.63, 3.8) is 0 Å². The van der Waals surface area contributed by atoms with Gasteiger partial charge in [0.15, 0.2) is 0 Å². The second-order valence-corrected chi connectivity index (χ2v) is 2.35. The molecule has 0 saturated carbocycles. The van der Waals surface area contributed by atoms with Gasteiger partial charge in [0.1, 0.15) is 6.23 Å². The van der Waals surface area contributed by atoms with Crippen LogP contribution in [0.3, 0.4) is 0 Å². The van der Waals surface area contributed by atoms with Crippen LogP contribution < -0.4 is 5.32 Å². The van der Waals surface area contributed by atoms with E-state index in [4.69, 9.17) is 4.74 Å². The lowest BCUT2D eigenvalue weighted by Gasteiger charge is -2.28. The molecule has 1 unspecified atom stereocenters. The van der Waals surface area contributed by atoms with Crippen molar-refractivity contribution >= 4 is 0 Å². The molecule has 0 amide bonds. The maximum absolute atomic E-state index is 5.29. The van der Waals surface area contributed by atoms with Crippen LogP contribution in [0.5, 0.6) is 0 Å². The summed E-state index contributed by atoms with van der Waals surface area (Å²) in [6.45, 7) is 2.79. The Labute approximate surface area is 56.0 Å². The van der Waals surface area contributed by atoms with Crippen molar-refractivity contribution in [2.75, 3.05) is 33.8 Å². The number of ether oxygens (including phenoxy) is 1. The molecule has 1 fully saturated rings. The third-order valence-electron chi connectivity index (χ3n) is 1.54. The van der Waals surface area contributed by atoms with E-state index >= 15 is 0 Å². The Morgan fingerprint density at radius 1 is 1.67 bits per heavy atom. The van der Waals surface area contributed by atoms with Gasteiger partial charge in [0.25, 0.3) is 0 Å². The van der Waals surface area contributed by atoms with Gasteiger partial charge in [-0.2, -0.15) is 0 Å². The quantitative estimate of drug-likeness (QED) is 0.477. The van der Waals surface area contributed by atoms with E-state index in [1.165, 1.54) is 0 Å². The molecular weight excluding hydrogens is 116 g/mol. The van der Waals surface area contributed by atoms with E-state index in [0.717, 1.165) is 19.7 Å². The second-order valence-electron chi connectivity index (χ2n) is 2.35. The highest BCUT2D eigenvalue weighted by Gasteiger charge is 2.15. The van der Waals surface area contributed by atoms with E-state index in [-0.39, 0.29) is 6.23 Å². The molecule has 53 valence electrons. The minimum absolute atomic E-state index is 0.115. The Morgan fingerprint density at radius 2 is 2.44 bits per heavy atom. The second kappa shape index (κ2) is 3.15. The highest BCUT2D eigenvalue weighted by Crippen LogP contribution is 1.98. The first-order valence-electron chi connectivity index (χ1n) is 3.22. The van der Waals surface area contributed by atoms with Crippen molar-refractivity contribution in [1.29, 1.82) is 0 Å². The summed E-state index contributed by atoms with van der Waals surface area (Å²) in [4.78, 5) is 2.22. The third-order valence-corrected chi connectivity index (χ3v) is 1.54. The van der Waals surface area contributed by atoms with Crippen molar-refractivity contribution in [3.05, 3.63) is 0 Å². The predicted molar refractivity (Wildman–Crippen MR) is 35.3 cm³/mol. The van der Waals surface area contributed by atoms with Gasteiger partial charge in [0.2, 0.25) is 0 Å². The van der Waals surface area contributed by atoms with E-state index < -0.39 is 0 Å². The van der Waals surface area contributed by atoms with Crippen molar-refractivity contribution in [3.8, 4) is 0 Å². The normalized spacial score (nSPS) is 30.7. The van der Waals surface area contributed by atoms with Crippen molar-refractivity contribution in [1.82, 2.24) is 10.2 Å². The van der Waals surface area contributed by atoms with Crippen LogP contribution in [0.4, 0.5) is 0 Å². The molecule has 9 heavy (non-hydrogen) atoms. The Balaban J connectivity index is 2.23. The van der Waals surface area contributed by atoms with Gasteiger partial charge in [0, 0.05) is 20.1 Å². The smallest absolute Gasteiger partial charge is 0.135 e. The molecule has 3 heteroatoms. The molecule has 1 rings (SSSR count). The van der Waals surface area contributed by atoms with E-state index in [2.05, 4.69) is 17.3 Å². The zero-order valence-corrected chi connectivity index (χ0v) is 6.00. The van der Waals surface area contributed by atoms with Crippen LogP contribution in [0, 0.1) is 0 Å². The van der Waals surface area contributed by atoms with Gasteiger partial charge < -0.3 is 9.64 Å². The van der Waals surface area contributed by atoms with Gasteiger partial charge in [-0.1, -0.05) is 0 Å². The van der Waals surface area contributed by atoms with Crippen molar-refractivity contribution in [2.24, 2.45) is 0 Å². The average Bonchev–Trinajstić information content (AvgIpc) is 1.88. The fourth-order valence-electron chi connectivity index (χ4n) is 0.911. The Hall–Kier alpha value is -0.120. The maximum Gasteiger partial charge on any atom is 0.135 e. The predicted octanol–water partition coefficient (Wildman–Crippen LogP) is -0.491. The topological polar surface area (TPSA) is 26.6 Å². The minimum Gasteiger partial charge on any atom is -0.359 e. The number of morpholine rings is 1. The summed E-state index contributed by atoms with van der Waals surface area (Å²) in [5.74, 6) is 0. The van der Waals surface area contributed by atoms with E-state index in [0.29, 0.717) is 0 Å². The highest BCUT2D eigenvalue weighted by atomic mass is 16.5. The molecule has 0 aromatic carbocycles. The molecule has 3 nitrogen and oxygen atoms in total. The molecule has 1 aliphatic heterocycles.